The third kappa shape index (κ3) is 2.82. The number of aromatic hydroxyl groups is 1. The molecule has 0 radical (unpaired) electrons. The zero-order chi connectivity index (χ0) is 12.4. The molecule has 0 atom stereocenters. The molecule has 0 aliphatic carbocycles. The summed E-state index contributed by atoms with van der Waals surface area (Å²) in [5, 5.41) is 21.8. The molecule has 1 N–H and O–H groups in total. The summed E-state index contributed by atoms with van der Waals surface area (Å²) in [6.07, 6.45) is 0.434. The van der Waals surface area contributed by atoms with E-state index in [9.17, 15) is 10.3 Å². The van der Waals surface area contributed by atoms with Gasteiger partial charge in [0.05, 0.1) is 9.99 Å². The van der Waals surface area contributed by atoms with Crippen LogP contribution in [0.5, 0.6) is 5.75 Å². The van der Waals surface area contributed by atoms with E-state index in [-0.39, 0.29) is 5.75 Å². The van der Waals surface area contributed by atoms with Crippen LogP contribution in [0.4, 0.5) is 0 Å². The Bertz CT molecular complexity index is 518. The predicted octanol–water partition coefficient (Wildman–Crippen LogP) is 2.83. The Morgan fingerprint density at radius 3 is 2.47 bits per heavy atom. The van der Waals surface area contributed by atoms with Crippen molar-refractivity contribution in [3.63, 3.8) is 0 Å². The lowest BCUT2D eigenvalue weighted by Crippen LogP contribution is -2.36. The highest BCUT2D eigenvalue weighted by Crippen LogP contribution is 2.25. The van der Waals surface area contributed by atoms with Gasteiger partial charge in [0.2, 0.25) is 5.69 Å². The van der Waals surface area contributed by atoms with Crippen LogP contribution in [0.25, 0.3) is 0 Å². The molecule has 0 spiro atoms. The molecular weight excluding hydrogens is 444 g/mol. The van der Waals surface area contributed by atoms with Crippen molar-refractivity contribution < 1.29 is 9.84 Å². The van der Waals surface area contributed by atoms with E-state index in [0.717, 1.165) is 10.3 Å². The van der Waals surface area contributed by atoms with Gasteiger partial charge in [0.15, 0.2) is 5.75 Å². The highest BCUT2D eigenvalue weighted by Gasteiger charge is 2.19. The number of benzene rings is 1. The van der Waals surface area contributed by atoms with Crippen LogP contribution in [0.15, 0.2) is 36.4 Å². The van der Waals surface area contributed by atoms with Crippen molar-refractivity contribution in [2.24, 2.45) is 0 Å². The predicted molar refractivity (Wildman–Crippen MR) is 81.7 cm³/mol. The minimum Gasteiger partial charge on any atom is -0.618 e. The normalized spacial score (nSPS) is 10.5. The van der Waals surface area contributed by atoms with Crippen LogP contribution in [-0.2, 0) is 6.42 Å². The standard InChI is InChI=1S/C12H9I2NO2/c13-9-7-11(14)15(17)10(12(9)16)6-8-4-2-1-3-5-8/h1-5,7,16H,6H2. The largest absolute Gasteiger partial charge is 0.618 e. The molecule has 0 amide bonds. The van der Waals surface area contributed by atoms with Crippen LogP contribution in [0.3, 0.4) is 0 Å². The Kier molecular flexibility index (Phi) is 4.08. The van der Waals surface area contributed by atoms with E-state index < -0.39 is 0 Å². The van der Waals surface area contributed by atoms with Crippen molar-refractivity contribution in [2.75, 3.05) is 0 Å². The van der Waals surface area contributed by atoms with Gasteiger partial charge in [-0.05, 0) is 28.2 Å². The molecular formula is C12H9I2NO2. The summed E-state index contributed by atoms with van der Waals surface area (Å²) in [5.41, 5.74) is 1.40. The van der Waals surface area contributed by atoms with Crippen LogP contribution in [0.1, 0.15) is 11.3 Å². The van der Waals surface area contributed by atoms with Crippen LogP contribution in [0, 0.1) is 12.5 Å². The maximum absolute atomic E-state index is 11.9. The van der Waals surface area contributed by atoms with E-state index in [1.807, 2.05) is 75.5 Å². The lowest BCUT2D eigenvalue weighted by molar-refractivity contribution is -0.627. The van der Waals surface area contributed by atoms with Gasteiger partial charge in [-0.25, -0.2) is 0 Å². The van der Waals surface area contributed by atoms with Crippen molar-refractivity contribution >= 4 is 45.2 Å². The van der Waals surface area contributed by atoms with E-state index in [1.54, 1.807) is 6.07 Å². The van der Waals surface area contributed by atoms with Gasteiger partial charge in [0, 0.05) is 28.7 Å². The Morgan fingerprint density at radius 1 is 1.18 bits per heavy atom. The Labute approximate surface area is 126 Å². The average Bonchev–Trinajstić information content (AvgIpc) is 2.33. The van der Waals surface area contributed by atoms with Gasteiger partial charge in [-0.3, -0.25) is 0 Å². The van der Waals surface area contributed by atoms with Gasteiger partial charge in [-0.2, -0.15) is 4.73 Å². The first-order chi connectivity index (χ1) is 8.09. The maximum atomic E-state index is 11.9. The number of halogens is 2. The summed E-state index contributed by atoms with van der Waals surface area (Å²) >= 11 is 4.00. The van der Waals surface area contributed by atoms with Crippen LogP contribution >= 0.6 is 45.2 Å². The van der Waals surface area contributed by atoms with Crippen LogP contribution in [-0.4, -0.2) is 5.11 Å². The van der Waals surface area contributed by atoms with Gasteiger partial charge in [0.25, 0.3) is 3.70 Å². The summed E-state index contributed by atoms with van der Waals surface area (Å²) in [6.45, 7) is 0. The summed E-state index contributed by atoms with van der Waals surface area (Å²) in [5.74, 6) is 0.0740. The molecule has 0 saturated heterocycles. The molecule has 0 aliphatic rings. The Balaban J connectivity index is 2.46. The molecule has 5 heteroatoms. The second-order valence-corrected chi connectivity index (χ2v) is 5.83. The first-order valence-electron chi connectivity index (χ1n) is 4.93. The van der Waals surface area contributed by atoms with Crippen molar-refractivity contribution in [1.82, 2.24) is 0 Å². The molecule has 1 aromatic heterocycles. The van der Waals surface area contributed by atoms with Gasteiger partial charge in [-0.1, -0.05) is 30.3 Å². The topological polar surface area (TPSA) is 47.2 Å². The third-order valence-electron chi connectivity index (χ3n) is 2.40. The van der Waals surface area contributed by atoms with Crippen molar-refractivity contribution in [1.29, 1.82) is 0 Å². The quantitative estimate of drug-likeness (QED) is 0.329. The zero-order valence-electron chi connectivity index (χ0n) is 8.73. The molecule has 0 aliphatic heterocycles. The first-order valence-corrected chi connectivity index (χ1v) is 7.08. The number of nitrogens with zero attached hydrogens (tertiary/aromatic N) is 1. The van der Waals surface area contributed by atoms with Crippen molar-refractivity contribution in [3.05, 3.63) is 60.1 Å². The fraction of sp³-hybridized carbons (Fsp3) is 0.0833. The molecule has 2 aromatic rings. The minimum absolute atomic E-state index is 0.0740. The number of pyridine rings is 1. The molecule has 17 heavy (non-hydrogen) atoms. The third-order valence-corrected chi connectivity index (χ3v) is 3.97. The molecule has 0 bridgehead atoms. The van der Waals surface area contributed by atoms with Crippen LogP contribution < -0.4 is 4.73 Å². The van der Waals surface area contributed by atoms with Crippen molar-refractivity contribution in [2.45, 2.75) is 6.42 Å². The van der Waals surface area contributed by atoms with Crippen LogP contribution in [0.2, 0.25) is 0 Å². The van der Waals surface area contributed by atoms with Gasteiger partial charge in [0.1, 0.15) is 0 Å². The molecule has 3 nitrogen and oxygen atoms in total. The van der Waals surface area contributed by atoms with Gasteiger partial charge < -0.3 is 10.3 Å². The van der Waals surface area contributed by atoms with E-state index >= 15 is 0 Å². The lowest BCUT2D eigenvalue weighted by atomic mass is 10.1. The molecule has 88 valence electrons. The Hall–Kier alpha value is -0.570. The lowest BCUT2D eigenvalue weighted by Gasteiger charge is -2.09. The number of hydrogen-bond acceptors (Lipinski definition) is 2. The number of hydrogen-bond donors (Lipinski definition) is 1. The van der Waals surface area contributed by atoms with Gasteiger partial charge >= 0.3 is 0 Å². The SMILES string of the molecule is [O-][n+]1c(I)cc(I)c(O)c1Cc1ccccc1. The van der Waals surface area contributed by atoms with E-state index in [0.29, 0.717) is 19.4 Å². The molecule has 0 saturated carbocycles. The summed E-state index contributed by atoms with van der Waals surface area (Å²) in [7, 11) is 0. The van der Waals surface area contributed by atoms with Crippen molar-refractivity contribution in [3.8, 4) is 5.75 Å². The Morgan fingerprint density at radius 2 is 1.82 bits per heavy atom. The maximum Gasteiger partial charge on any atom is 0.253 e. The fourth-order valence-corrected chi connectivity index (χ4v) is 3.34. The van der Waals surface area contributed by atoms with E-state index in [1.165, 1.54) is 0 Å². The van der Waals surface area contributed by atoms with E-state index in [4.69, 9.17) is 0 Å². The smallest absolute Gasteiger partial charge is 0.253 e. The molecule has 0 fully saturated rings. The molecule has 0 unspecified atom stereocenters. The van der Waals surface area contributed by atoms with Gasteiger partial charge in [-0.15, -0.1) is 0 Å². The summed E-state index contributed by atoms with van der Waals surface area (Å²) < 4.78 is 2.05. The molecule has 1 aromatic carbocycles. The highest BCUT2D eigenvalue weighted by atomic mass is 127. The summed E-state index contributed by atoms with van der Waals surface area (Å²) in [6, 6.07) is 11.3. The number of rotatable bonds is 2. The monoisotopic (exact) mass is 453 g/mol. The average molecular weight is 453 g/mol. The fourth-order valence-electron chi connectivity index (χ4n) is 1.54. The minimum atomic E-state index is 0.0740. The molecule has 1 heterocycles. The first kappa shape index (κ1) is 12.9. The number of aromatic nitrogens is 1. The molecule has 2 rings (SSSR count). The van der Waals surface area contributed by atoms with E-state index in [2.05, 4.69) is 0 Å². The summed E-state index contributed by atoms with van der Waals surface area (Å²) in [4.78, 5) is 0. The second-order valence-electron chi connectivity index (χ2n) is 3.57. The second kappa shape index (κ2) is 5.38. The highest BCUT2D eigenvalue weighted by molar-refractivity contribution is 14.1. The zero-order valence-corrected chi connectivity index (χ0v) is 13.0.